The second-order valence-electron chi connectivity index (χ2n) is 9.03. The summed E-state index contributed by atoms with van der Waals surface area (Å²) in [6, 6.07) is 5.81. The van der Waals surface area contributed by atoms with Crippen LogP contribution >= 0.6 is 0 Å². The van der Waals surface area contributed by atoms with Crippen LogP contribution in [0, 0.1) is 11.4 Å². The third kappa shape index (κ3) is 3.08. The molecule has 2 aliphatic heterocycles. The third-order valence-corrected chi connectivity index (χ3v) is 7.13. The Hall–Kier alpha value is -3.00. The summed E-state index contributed by atoms with van der Waals surface area (Å²) in [5.41, 5.74) is 3.36. The standard InChI is InChI=1S/C23H24FN7/c1-14-8-17-16(11-27-22(29-17)21-25-6-3-7-26-21)12-31(14)19-10-15(9-18(24)30-19)20-23(13-28-20)4-2-5-23/h3,6-7,9-11,14,20,28H,2,4-5,8,12-13H2,1H3. The van der Waals surface area contributed by atoms with Crippen molar-refractivity contribution in [3.63, 3.8) is 0 Å². The summed E-state index contributed by atoms with van der Waals surface area (Å²) in [4.78, 5) is 24.1. The molecule has 1 saturated carbocycles. The molecule has 31 heavy (non-hydrogen) atoms. The summed E-state index contributed by atoms with van der Waals surface area (Å²) in [7, 11) is 0. The van der Waals surface area contributed by atoms with Crippen LogP contribution in [-0.4, -0.2) is 37.5 Å². The van der Waals surface area contributed by atoms with E-state index in [2.05, 4.69) is 43.1 Å². The van der Waals surface area contributed by atoms with Crippen molar-refractivity contribution >= 4 is 5.82 Å². The number of anilines is 1. The highest BCUT2D eigenvalue weighted by Gasteiger charge is 2.51. The second kappa shape index (κ2) is 7.02. The monoisotopic (exact) mass is 417 g/mol. The summed E-state index contributed by atoms with van der Waals surface area (Å²) in [5.74, 6) is 1.33. The van der Waals surface area contributed by atoms with E-state index < -0.39 is 5.95 Å². The van der Waals surface area contributed by atoms with Gasteiger partial charge in [-0.1, -0.05) is 6.42 Å². The molecule has 1 spiro atoms. The normalized spacial score (nSPS) is 23.7. The number of hydrogen-bond acceptors (Lipinski definition) is 7. The average molecular weight is 417 g/mol. The molecular weight excluding hydrogens is 393 g/mol. The number of aromatic nitrogens is 5. The van der Waals surface area contributed by atoms with Crippen LogP contribution in [0.3, 0.4) is 0 Å². The van der Waals surface area contributed by atoms with E-state index in [-0.39, 0.29) is 12.1 Å². The van der Waals surface area contributed by atoms with E-state index in [1.165, 1.54) is 19.3 Å². The third-order valence-electron chi connectivity index (χ3n) is 7.13. The lowest BCUT2D eigenvalue weighted by molar-refractivity contribution is -0.00581. The Bertz CT molecular complexity index is 1130. The molecule has 3 aromatic heterocycles. The summed E-state index contributed by atoms with van der Waals surface area (Å²) < 4.78 is 14.5. The Morgan fingerprint density at radius 1 is 1.10 bits per heavy atom. The zero-order valence-electron chi connectivity index (χ0n) is 17.4. The zero-order chi connectivity index (χ0) is 21.0. The molecule has 2 fully saturated rings. The van der Waals surface area contributed by atoms with E-state index in [1.807, 2.05) is 6.20 Å². The van der Waals surface area contributed by atoms with Crippen molar-refractivity contribution in [2.45, 2.75) is 51.2 Å². The Kier molecular flexibility index (Phi) is 4.24. The Labute approximate surface area is 180 Å². The molecular formula is C23H24FN7. The van der Waals surface area contributed by atoms with Crippen LogP contribution in [-0.2, 0) is 13.0 Å². The fourth-order valence-electron chi connectivity index (χ4n) is 5.19. The fourth-order valence-corrected chi connectivity index (χ4v) is 5.19. The number of nitrogens with zero attached hydrogens (tertiary/aromatic N) is 6. The van der Waals surface area contributed by atoms with E-state index in [1.54, 1.807) is 24.5 Å². The molecule has 3 aliphatic rings. The fraction of sp³-hybridized carbons (Fsp3) is 0.435. The quantitative estimate of drug-likeness (QED) is 0.656. The molecule has 0 bridgehead atoms. The van der Waals surface area contributed by atoms with Gasteiger partial charge in [-0.2, -0.15) is 4.39 Å². The molecule has 1 aliphatic carbocycles. The maximum atomic E-state index is 14.5. The van der Waals surface area contributed by atoms with Gasteiger partial charge in [0.15, 0.2) is 11.6 Å². The van der Waals surface area contributed by atoms with Crippen LogP contribution in [0.2, 0.25) is 0 Å². The lowest BCUT2D eigenvalue weighted by Gasteiger charge is -2.57. The van der Waals surface area contributed by atoms with Crippen molar-refractivity contribution in [1.29, 1.82) is 0 Å². The van der Waals surface area contributed by atoms with Crippen molar-refractivity contribution in [2.24, 2.45) is 5.41 Å². The van der Waals surface area contributed by atoms with Crippen molar-refractivity contribution in [1.82, 2.24) is 30.2 Å². The predicted octanol–water partition coefficient (Wildman–Crippen LogP) is 3.23. The van der Waals surface area contributed by atoms with E-state index in [0.29, 0.717) is 29.4 Å². The molecule has 2 unspecified atom stereocenters. The molecule has 8 heteroatoms. The number of nitrogens with one attached hydrogen (secondary N) is 1. The highest BCUT2D eigenvalue weighted by atomic mass is 19.1. The lowest BCUT2D eigenvalue weighted by Crippen LogP contribution is -2.59. The lowest BCUT2D eigenvalue weighted by atomic mass is 9.58. The van der Waals surface area contributed by atoms with Gasteiger partial charge in [0, 0.05) is 61.2 Å². The minimum Gasteiger partial charge on any atom is -0.349 e. The Morgan fingerprint density at radius 3 is 2.65 bits per heavy atom. The van der Waals surface area contributed by atoms with Crippen LogP contribution in [0.5, 0.6) is 0 Å². The van der Waals surface area contributed by atoms with Crippen LogP contribution in [0.1, 0.15) is 49.0 Å². The molecule has 2 atom stereocenters. The number of rotatable bonds is 3. The van der Waals surface area contributed by atoms with Gasteiger partial charge in [0.25, 0.3) is 0 Å². The van der Waals surface area contributed by atoms with Crippen molar-refractivity contribution < 1.29 is 4.39 Å². The highest BCUT2D eigenvalue weighted by Crippen LogP contribution is 2.55. The minimum atomic E-state index is -0.415. The zero-order valence-corrected chi connectivity index (χ0v) is 17.4. The molecule has 0 radical (unpaired) electrons. The number of pyridine rings is 1. The van der Waals surface area contributed by atoms with Gasteiger partial charge in [0.05, 0.1) is 5.69 Å². The molecule has 7 nitrogen and oxygen atoms in total. The number of halogens is 1. The van der Waals surface area contributed by atoms with E-state index >= 15 is 0 Å². The topological polar surface area (TPSA) is 79.7 Å². The van der Waals surface area contributed by atoms with Gasteiger partial charge in [-0.15, -0.1) is 0 Å². The molecule has 1 N–H and O–H groups in total. The minimum absolute atomic E-state index is 0.140. The van der Waals surface area contributed by atoms with Crippen LogP contribution < -0.4 is 10.2 Å². The molecule has 6 rings (SSSR count). The van der Waals surface area contributed by atoms with Gasteiger partial charge in [0.1, 0.15) is 5.82 Å². The number of hydrogen-bond donors (Lipinski definition) is 1. The molecule has 3 aromatic rings. The molecule has 0 aromatic carbocycles. The molecule has 0 amide bonds. The Balaban J connectivity index is 1.30. The van der Waals surface area contributed by atoms with E-state index in [9.17, 15) is 4.39 Å². The maximum absolute atomic E-state index is 14.5. The van der Waals surface area contributed by atoms with Gasteiger partial charge in [-0.05, 0) is 43.5 Å². The largest absolute Gasteiger partial charge is 0.349 e. The Morgan fingerprint density at radius 2 is 1.94 bits per heavy atom. The summed E-state index contributed by atoms with van der Waals surface area (Å²) in [6.45, 7) is 3.77. The summed E-state index contributed by atoms with van der Waals surface area (Å²) >= 11 is 0. The van der Waals surface area contributed by atoms with Crippen LogP contribution in [0.25, 0.3) is 11.6 Å². The second-order valence-corrected chi connectivity index (χ2v) is 9.03. The summed E-state index contributed by atoms with van der Waals surface area (Å²) in [6.07, 6.45) is 9.67. The smallest absolute Gasteiger partial charge is 0.215 e. The first-order valence-electron chi connectivity index (χ1n) is 10.9. The van der Waals surface area contributed by atoms with E-state index in [0.717, 1.165) is 29.8 Å². The number of fused-ring (bicyclic) bond motifs is 1. The van der Waals surface area contributed by atoms with Gasteiger partial charge in [-0.25, -0.2) is 24.9 Å². The summed E-state index contributed by atoms with van der Waals surface area (Å²) in [5, 5.41) is 3.52. The first-order valence-corrected chi connectivity index (χ1v) is 10.9. The highest BCUT2D eigenvalue weighted by molar-refractivity contribution is 5.49. The van der Waals surface area contributed by atoms with Gasteiger partial charge in [0.2, 0.25) is 5.95 Å². The average Bonchev–Trinajstić information content (AvgIpc) is 2.71. The SMILES string of the molecule is CC1Cc2nc(-c3ncccn3)ncc2CN1c1cc(C2NCC23CCC3)cc(F)n1. The first-order chi connectivity index (χ1) is 15.1. The molecule has 5 heterocycles. The van der Waals surface area contributed by atoms with Gasteiger partial charge < -0.3 is 10.2 Å². The molecule has 1 saturated heterocycles. The maximum Gasteiger partial charge on any atom is 0.215 e. The van der Waals surface area contributed by atoms with Crippen LogP contribution in [0.15, 0.2) is 36.8 Å². The molecule has 158 valence electrons. The predicted molar refractivity (Wildman–Crippen MR) is 114 cm³/mol. The van der Waals surface area contributed by atoms with Crippen molar-refractivity contribution in [2.75, 3.05) is 11.4 Å². The van der Waals surface area contributed by atoms with E-state index in [4.69, 9.17) is 4.98 Å². The van der Waals surface area contributed by atoms with Crippen molar-refractivity contribution in [3.8, 4) is 11.6 Å². The van der Waals surface area contributed by atoms with Gasteiger partial charge >= 0.3 is 0 Å². The van der Waals surface area contributed by atoms with Crippen molar-refractivity contribution in [3.05, 3.63) is 59.6 Å². The van der Waals surface area contributed by atoms with Gasteiger partial charge in [-0.3, -0.25) is 0 Å². The van der Waals surface area contributed by atoms with Crippen LogP contribution in [0.4, 0.5) is 10.2 Å². The first kappa shape index (κ1) is 18.7.